The van der Waals surface area contributed by atoms with E-state index >= 15 is 0 Å². The molecule has 1 amide bonds. The van der Waals surface area contributed by atoms with Crippen molar-refractivity contribution < 1.29 is 4.79 Å². The van der Waals surface area contributed by atoms with Crippen molar-refractivity contribution in [1.82, 2.24) is 5.32 Å². The van der Waals surface area contributed by atoms with E-state index in [0.29, 0.717) is 13.0 Å². The second-order valence-electron chi connectivity index (χ2n) is 5.11. The van der Waals surface area contributed by atoms with Gasteiger partial charge in [0.15, 0.2) is 0 Å². The van der Waals surface area contributed by atoms with Crippen LogP contribution < -0.4 is 5.32 Å². The molecule has 0 heterocycles. The van der Waals surface area contributed by atoms with Gasteiger partial charge < -0.3 is 5.32 Å². The second kappa shape index (κ2) is 5.48. The molecule has 1 aromatic rings. The molecule has 3 heteroatoms. The van der Waals surface area contributed by atoms with Crippen molar-refractivity contribution in [2.75, 3.05) is 0 Å². The van der Waals surface area contributed by atoms with Crippen LogP contribution in [0.25, 0.3) is 0 Å². The van der Waals surface area contributed by atoms with Gasteiger partial charge in [0.25, 0.3) is 0 Å². The molecule has 0 aliphatic carbocycles. The Morgan fingerprint density at radius 3 is 2.50 bits per heavy atom. The minimum Gasteiger partial charge on any atom is -0.352 e. The Morgan fingerprint density at radius 2 is 1.94 bits per heavy atom. The molecular weight excluding hydrogens is 266 g/mol. The highest BCUT2D eigenvalue weighted by Crippen LogP contribution is 2.19. The lowest BCUT2D eigenvalue weighted by Gasteiger charge is -2.17. The van der Waals surface area contributed by atoms with E-state index in [-0.39, 0.29) is 11.3 Å². The number of nitrogens with one attached hydrogen (secondary N) is 1. The fourth-order valence-electron chi connectivity index (χ4n) is 1.38. The summed E-state index contributed by atoms with van der Waals surface area (Å²) >= 11 is 3.46. The summed E-state index contributed by atoms with van der Waals surface area (Å²) in [5.74, 6) is 0.100. The molecule has 0 spiro atoms. The van der Waals surface area contributed by atoms with Crippen LogP contribution in [-0.2, 0) is 11.3 Å². The lowest BCUT2D eigenvalue weighted by molar-refractivity contribution is -0.122. The van der Waals surface area contributed by atoms with Gasteiger partial charge in [-0.05, 0) is 17.0 Å². The summed E-state index contributed by atoms with van der Waals surface area (Å²) in [5, 5.41) is 2.93. The third kappa shape index (κ3) is 4.79. The van der Waals surface area contributed by atoms with Crippen LogP contribution in [0.15, 0.2) is 28.7 Å². The van der Waals surface area contributed by atoms with Gasteiger partial charge in [0.2, 0.25) is 5.91 Å². The van der Waals surface area contributed by atoms with Gasteiger partial charge in [0, 0.05) is 17.4 Å². The van der Waals surface area contributed by atoms with E-state index in [0.717, 1.165) is 10.0 Å². The first-order valence-electron chi connectivity index (χ1n) is 5.38. The van der Waals surface area contributed by atoms with E-state index in [4.69, 9.17) is 0 Å². The summed E-state index contributed by atoms with van der Waals surface area (Å²) < 4.78 is 1.03. The van der Waals surface area contributed by atoms with Gasteiger partial charge in [0.1, 0.15) is 0 Å². The van der Waals surface area contributed by atoms with Crippen molar-refractivity contribution in [2.45, 2.75) is 33.7 Å². The number of carbonyl (C=O) groups excluding carboxylic acids is 1. The first kappa shape index (κ1) is 13.2. The summed E-state index contributed by atoms with van der Waals surface area (Å²) in [6, 6.07) is 7.91. The summed E-state index contributed by atoms with van der Waals surface area (Å²) in [7, 11) is 0. The third-order valence-electron chi connectivity index (χ3n) is 2.12. The molecule has 1 aromatic carbocycles. The van der Waals surface area contributed by atoms with Crippen LogP contribution in [-0.4, -0.2) is 5.91 Å². The van der Waals surface area contributed by atoms with Crippen LogP contribution in [0.1, 0.15) is 32.8 Å². The molecule has 16 heavy (non-hydrogen) atoms. The smallest absolute Gasteiger partial charge is 0.220 e. The average molecular weight is 284 g/mol. The lowest BCUT2D eigenvalue weighted by Crippen LogP contribution is -2.27. The van der Waals surface area contributed by atoms with Crippen molar-refractivity contribution in [1.29, 1.82) is 0 Å². The standard InChI is InChI=1S/C13H18BrNO/c1-13(2,3)8-12(16)15-9-10-6-4-5-7-11(10)14/h4-7H,8-9H2,1-3H3,(H,15,16). The molecule has 0 radical (unpaired) electrons. The highest BCUT2D eigenvalue weighted by atomic mass is 79.9. The minimum absolute atomic E-state index is 0.0397. The largest absolute Gasteiger partial charge is 0.352 e. The maximum Gasteiger partial charge on any atom is 0.220 e. The minimum atomic E-state index is 0.0397. The Labute approximate surface area is 106 Å². The molecule has 88 valence electrons. The molecule has 0 aromatic heterocycles. The number of benzene rings is 1. The molecule has 0 atom stereocenters. The van der Waals surface area contributed by atoms with Gasteiger partial charge in [0.05, 0.1) is 0 Å². The maximum atomic E-state index is 11.6. The fraction of sp³-hybridized carbons (Fsp3) is 0.462. The zero-order valence-electron chi connectivity index (χ0n) is 10.0. The van der Waals surface area contributed by atoms with Crippen LogP contribution in [0.2, 0.25) is 0 Å². The molecule has 1 rings (SSSR count). The zero-order valence-corrected chi connectivity index (χ0v) is 11.6. The van der Waals surface area contributed by atoms with Gasteiger partial charge in [-0.15, -0.1) is 0 Å². The van der Waals surface area contributed by atoms with Crippen molar-refractivity contribution in [3.8, 4) is 0 Å². The molecule has 0 fully saturated rings. The zero-order chi connectivity index (χ0) is 12.2. The van der Waals surface area contributed by atoms with E-state index in [1.807, 2.05) is 24.3 Å². The number of carbonyl (C=O) groups is 1. The van der Waals surface area contributed by atoms with Gasteiger partial charge in [-0.2, -0.15) is 0 Å². The quantitative estimate of drug-likeness (QED) is 0.904. The predicted octanol–water partition coefficient (Wildman–Crippen LogP) is 3.50. The van der Waals surface area contributed by atoms with Crippen molar-refractivity contribution in [3.63, 3.8) is 0 Å². The second-order valence-corrected chi connectivity index (χ2v) is 5.96. The Kier molecular flexibility index (Phi) is 4.54. The first-order valence-corrected chi connectivity index (χ1v) is 6.18. The van der Waals surface area contributed by atoms with Crippen LogP contribution in [0.5, 0.6) is 0 Å². The number of hydrogen-bond donors (Lipinski definition) is 1. The van der Waals surface area contributed by atoms with Gasteiger partial charge >= 0.3 is 0 Å². The van der Waals surface area contributed by atoms with E-state index in [2.05, 4.69) is 42.0 Å². The molecule has 0 aliphatic rings. The molecule has 0 bridgehead atoms. The summed E-state index contributed by atoms with van der Waals surface area (Å²) in [4.78, 5) is 11.6. The monoisotopic (exact) mass is 283 g/mol. The number of rotatable bonds is 3. The Morgan fingerprint density at radius 1 is 1.31 bits per heavy atom. The molecule has 0 aliphatic heterocycles. The van der Waals surface area contributed by atoms with E-state index in [9.17, 15) is 4.79 Å². The van der Waals surface area contributed by atoms with Gasteiger partial charge in [-0.25, -0.2) is 0 Å². The van der Waals surface area contributed by atoms with E-state index < -0.39 is 0 Å². The maximum absolute atomic E-state index is 11.6. The van der Waals surface area contributed by atoms with Crippen molar-refractivity contribution in [2.24, 2.45) is 5.41 Å². The van der Waals surface area contributed by atoms with Crippen LogP contribution in [0.4, 0.5) is 0 Å². The van der Waals surface area contributed by atoms with Crippen LogP contribution in [0.3, 0.4) is 0 Å². The van der Waals surface area contributed by atoms with Crippen LogP contribution in [0, 0.1) is 5.41 Å². The van der Waals surface area contributed by atoms with E-state index in [1.165, 1.54) is 0 Å². The molecule has 2 nitrogen and oxygen atoms in total. The summed E-state index contributed by atoms with van der Waals surface area (Å²) in [6.07, 6.45) is 0.553. The first-order chi connectivity index (χ1) is 7.38. The molecule has 0 saturated carbocycles. The van der Waals surface area contributed by atoms with Crippen molar-refractivity contribution in [3.05, 3.63) is 34.3 Å². The average Bonchev–Trinajstić information content (AvgIpc) is 2.14. The molecule has 0 saturated heterocycles. The van der Waals surface area contributed by atoms with Gasteiger partial charge in [-0.3, -0.25) is 4.79 Å². The lowest BCUT2D eigenvalue weighted by atomic mass is 9.92. The predicted molar refractivity (Wildman–Crippen MR) is 70.1 cm³/mol. The highest BCUT2D eigenvalue weighted by molar-refractivity contribution is 9.10. The Balaban J connectivity index is 2.47. The van der Waals surface area contributed by atoms with Crippen LogP contribution >= 0.6 is 15.9 Å². The SMILES string of the molecule is CC(C)(C)CC(=O)NCc1ccccc1Br. The van der Waals surface area contributed by atoms with Gasteiger partial charge in [-0.1, -0.05) is 54.9 Å². The topological polar surface area (TPSA) is 29.1 Å². The highest BCUT2D eigenvalue weighted by Gasteiger charge is 2.15. The number of hydrogen-bond acceptors (Lipinski definition) is 1. The number of halogens is 1. The Hall–Kier alpha value is -0.830. The van der Waals surface area contributed by atoms with E-state index in [1.54, 1.807) is 0 Å². The van der Waals surface area contributed by atoms with Crippen molar-refractivity contribution >= 4 is 21.8 Å². The molecular formula is C13H18BrNO. The fourth-order valence-corrected chi connectivity index (χ4v) is 1.80. The third-order valence-corrected chi connectivity index (χ3v) is 2.90. The molecule has 0 unspecified atom stereocenters. The summed E-state index contributed by atoms with van der Waals surface area (Å²) in [5.41, 5.74) is 1.14. The Bertz CT molecular complexity index is 368. The normalized spacial score (nSPS) is 11.2. The number of amides is 1. The summed E-state index contributed by atoms with van der Waals surface area (Å²) in [6.45, 7) is 6.76. The molecule has 1 N–H and O–H groups in total.